The van der Waals surface area contributed by atoms with Gasteiger partial charge in [0.05, 0.1) is 17.6 Å². The fourth-order valence-electron chi connectivity index (χ4n) is 1.58. The van der Waals surface area contributed by atoms with Gasteiger partial charge in [0, 0.05) is 25.0 Å². The second kappa shape index (κ2) is 5.59. The molecule has 2 heterocycles. The Morgan fingerprint density at radius 3 is 2.60 bits per heavy atom. The van der Waals surface area contributed by atoms with Gasteiger partial charge in [-0.15, -0.1) is 0 Å². The monoisotopic (exact) mass is 295 g/mol. The van der Waals surface area contributed by atoms with Crippen molar-refractivity contribution >= 4 is 15.7 Å². The minimum absolute atomic E-state index is 0.0898. The molecule has 0 radical (unpaired) electrons. The number of rotatable bonds is 5. The van der Waals surface area contributed by atoms with Crippen LogP contribution in [-0.2, 0) is 16.6 Å². The van der Waals surface area contributed by atoms with Crippen LogP contribution in [0.25, 0.3) is 0 Å². The fourth-order valence-corrected chi connectivity index (χ4v) is 2.55. The van der Waals surface area contributed by atoms with Crippen molar-refractivity contribution in [3.63, 3.8) is 0 Å². The Kier molecular flexibility index (Phi) is 4.05. The molecule has 8 heteroatoms. The molecule has 0 saturated heterocycles. The normalized spacial score (nSPS) is 11.8. The highest BCUT2D eigenvalue weighted by molar-refractivity contribution is 7.92. The third-order valence-corrected chi connectivity index (χ3v) is 4.07. The quantitative estimate of drug-likeness (QED) is 0.860. The van der Waals surface area contributed by atoms with Gasteiger partial charge in [0.25, 0.3) is 10.0 Å². The molecule has 0 atom stereocenters. The van der Waals surface area contributed by atoms with E-state index in [1.807, 2.05) is 13.8 Å². The van der Waals surface area contributed by atoms with E-state index < -0.39 is 10.0 Å². The number of nitrogens with one attached hydrogen (secondary N) is 1. The predicted octanol–water partition coefficient (Wildman–Crippen LogP) is 1.12. The van der Waals surface area contributed by atoms with Gasteiger partial charge < -0.3 is 5.73 Å². The van der Waals surface area contributed by atoms with Gasteiger partial charge in [-0.25, -0.2) is 8.42 Å². The summed E-state index contributed by atoms with van der Waals surface area (Å²) in [6.07, 6.45) is 4.40. The van der Waals surface area contributed by atoms with Crippen LogP contribution >= 0.6 is 0 Å². The topological polar surface area (TPSA) is 103 Å². The summed E-state index contributed by atoms with van der Waals surface area (Å²) in [7, 11) is -3.66. The van der Waals surface area contributed by atoms with E-state index in [-0.39, 0.29) is 17.5 Å². The lowest BCUT2D eigenvalue weighted by atomic mass is 10.4. The van der Waals surface area contributed by atoms with Gasteiger partial charge >= 0.3 is 0 Å². The van der Waals surface area contributed by atoms with Gasteiger partial charge in [0.15, 0.2) is 0 Å². The summed E-state index contributed by atoms with van der Waals surface area (Å²) in [4.78, 5) is 4.06. The second-order valence-corrected chi connectivity index (χ2v) is 6.28. The predicted molar refractivity (Wildman–Crippen MR) is 75.5 cm³/mol. The number of pyridine rings is 1. The van der Waals surface area contributed by atoms with Crippen molar-refractivity contribution < 1.29 is 8.42 Å². The number of aromatic nitrogens is 3. The molecule has 0 saturated carbocycles. The molecule has 0 unspecified atom stereocenters. The third-order valence-electron chi connectivity index (χ3n) is 2.70. The maximum absolute atomic E-state index is 12.2. The number of anilines is 1. The highest BCUT2D eigenvalue weighted by Crippen LogP contribution is 2.16. The van der Waals surface area contributed by atoms with Gasteiger partial charge in [0.2, 0.25) is 0 Å². The molecule has 7 nitrogen and oxygen atoms in total. The van der Waals surface area contributed by atoms with Crippen molar-refractivity contribution in [3.8, 4) is 0 Å². The minimum atomic E-state index is -3.66. The number of nitrogens with zero attached hydrogens (tertiary/aromatic N) is 3. The lowest BCUT2D eigenvalue weighted by Gasteiger charge is -2.06. The molecule has 0 spiro atoms. The lowest BCUT2D eigenvalue weighted by molar-refractivity contribution is 0.532. The Morgan fingerprint density at radius 1 is 1.35 bits per heavy atom. The molecule has 3 N–H and O–H groups in total. The lowest BCUT2D eigenvalue weighted by Crippen LogP contribution is -2.13. The van der Waals surface area contributed by atoms with E-state index in [0.717, 1.165) is 0 Å². The molecule has 0 aliphatic heterocycles. The first-order valence-electron chi connectivity index (χ1n) is 6.14. The summed E-state index contributed by atoms with van der Waals surface area (Å²) in [6.45, 7) is 4.19. The van der Waals surface area contributed by atoms with E-state index in [9.17, 15) is 8.42 Å². The minimum Gasteiger partial charge on any atom is -0.325 e. The molecular formula is C12H17N5O2S. The highest BCUT2D eigenvalue weighted by atomic mass is 32.2. The maximum atomic E-state index is 12.2. The number of hydrogen-bond donors (Lipinski definition) is 2. The zero-order valence-electron chi connectivity index (χ0n) is 11.3. The average Bonchev–Trinajstić information content (AvgIpc) is 2.87. The SMILES string of the molecule is CC(C)n1cc(NS(=O)(=O)c2ccc(CN)nc2)cn1. The third kappa shape index (κ3) is 3.14. The van der Waals surface area contributed by atoms with Crippen molar-refractivity contribution in [3.05, 3.63) is 36.4 Å². The first-order valence-corrected chi connectivity index (χ1v) is 7.62. The van der Waals surface area contributed by atoms with Gasteiger partial charge in [-0.2, -0.15) is 5.10 Å². The van der Waals surface area contributed by atoms with Crippen LogP contribution in [-0.4, -0.2) is 23.2 Å². The Hall–Kier alpha value is -1.93. The summed E-state index contributed by atoms with van der Waals surface area (Å²) in [6, 6.07) is 3.23. The van der Waals surface area contributed by atoms with Gasteiger partial charge in [-0.1, -0.05) is 0 Å². The zero-order chi connectivity index (χ0) is 14.8. The first-order chi connectivity index (χ1) is 9.42. The standard InChI is InChI=1S/C12H17N5O2S/c1-9(2)17-8-11(6-15-17)16-20(18,19)12-4-3-10(5-13)14-7-12/h3-4,6-9,16H,5,13H2,1-2H3. The average molecular weight is 295 g/mol. The summed E-state index contributed by atoms with van der Waals surface area (Å²) >= 11 is 0. The molecule has 2 aromatic rings. The van der Waals surface area contributed by atoms with Crippen LogP contribution in [0.2, 0.25) is 0 Å². The van der Waals surface area contributed by atoms with E-state index in [4.69, 9.17) is 5.73 Å². The van der Waals surface area contributed by atoms with Gasteiger partial charge in [-0.3, -0.25) is 14.4 Å². The van der Waals surface area contributed by atoms with Crippen LogP contribution in [0.4, 0.5) is 5.69 Å². The van der Waals surface area contributed by atoms with Crippen LogP contribution in [0.15, 0.2) is 35.6 Å². The molecule has 108 valence electrons. The molecule has 0 fully saturated rings. The largest absolute Gasteiger partial charge is 0.325 e. The number of hydrogen-bond acceptors (Lipinski definition) is 5. The second-order valence-electron chi connectivity index (χ2n) is 4.60. The molecule has 20 heavy (non-hydrogen) atoms. The highest BCUT2D eigenvalue weighted by Gasteiger charge is 2.15. The number of sulfonamides is 1. The molecular weight excluding hydrogens is 278 g/mol. The molecule has 0 amide bonds. The smallest absolute Gasteiger partial charge is 0.263 e. The van der Waals surface area contributed by atoms with E-state index in [1.165, 1.54) is 18.5 Å². The summed E-state index contributed by atoms with van der Waals surface area (Å²) in [5.41, 5.74) is 6.48. The van der Waals surface area contributed by atoms with E-state index >= 15 is 0 Å². The van der Waals surface area contributed by atoms with E-state index in [1.54, 1.807) is 16.9 Å². The van der Waals surface area contributed by atoms with E-state index in [0.29, 0.717) is 11.4 Å². The van der Waals surface area contributed by atoms with Crippen LogP contribution in [0, 0.1) is 0 Å². The molecule has 0 aliphatic carbocycles. The summed E-state index contributed by atoms with van der Waals surface area (Å²) < 4.78 is 28.5. The Bertz CT molecular complexity index is 676. The van der Waals surface area contributed by atoms with E-state index in [2.05, 4.69) is 14.8 Å². The van der Waals surface area contributed by atoms with Gasteiger partial charge in [-0.05, 0) is 26.0 Å². The molecule has 0 aromatic carbocycles. The number of nitrogens with two attached hydrogens (primary N) is 1. The molecule has 0 aliphatic rings. The van der Waals surface area contributed by atoms with Crippen LogP contribution < -0.4 is 10.5 Å². The first kappa shape index (κ1) is 14.5. The van der Waals surface area contributed by atoms with Crippen LogP contribution in [0.1, 0.15) is 25.6 Å². The fraction of sp³-hybridized carbons (Fsp3) is 0.333. The summed E-state index contributed by atoms with van der Waals surface area (Å²) in [5.74, 6) is 0. The molecule has 0 bridgehead atoms. The van der Waals surface area contributed by atoms with Crippen molar-refractivity contribution in [1.82, 2.24) is 14.8 Å². The Labute approximate surface area is 117 Å². The van der Waals surface area contributed by atoms with Crippen molar-refractivity contribution in [2.45, 2.75) is 31.3 Å². The molecule has 2 rings (SSSR count). The summed E-state index contributed by atoms with van der Waals surface area (Å²) in [5, 5.41) is 4.08. The zero-order valence-corrected chi connectivity index (χ0v) is 12.1. The Balaban J connectivity index is 2.21. The van der Waals surface area contributed by atoms with Crippen molar-refractivity contribution in [2.75, 3.05) is 4.72 Å². The van der Waals surface area contributed by atoms with Crippen LogP contribution in [0.3, 0.4) is 0 Å². The van der Waals surface area contributed by atoms with Crippen molar-refractivity contribution in [1.29, 1.82) is 0 Å². The van der Waals surface area contributed by atoms with Crippen LogP contribution in [0.5, 0.6) is 0 Å². The van der Waals surface area contributed by atoms with Crippen molar-refractivity contribution in [2.24, 2.45) is 5.73 Å². The maximum Gasteiger partial charge on any atom is 0.263 e. The Morgan fingerprint density at radius 2 is 2.10 bits per heavy atom. The molecule has 2 aromatic heterocycles. The van der Waals surface area contributed by atoms with Gasteiger partial charge in [0.1, 0.15) is 4.90 Å².